The van der Waals surface area contributed by atoms with Crippen LogP contribution in [0.15, 0.2) is 40.3 Å². The molecule has 170 valence electrons. The fourth-order valence-electron chi connectivity index (χ4n) is 3.76. The molecular weight excluding hydrogens is 437 g/mol. The molecule has 7 nitrogen and oxygen atoms in total. The second-order valence-corrected chi connectivity index (χ2v) is 8.34. The molecule has 0 spiro atoms. The summed E-state index contributed by atoms with van der Waals surface area (Å²) < 4.78 is 42.9. The predicted molar refractivity (Wildman–Crippen MR) is 105 cm³/mol. The van der Waals surface area contributed by atoms with Gasteiger partial charge in [0.15, 0.2) is 0 Å². The summed E-state index contributed by atoms with van der Waals surface area (Å²) in [6.07, 6.45) is -1.40. The second-order valence-electron chi connectivity index (χ2n) is 7.31. The number of carbonyl (C=O) groups excluding carboxylic acids is 1. The number of hydrogen-bond donors (Lipinski definition) is 2. The maximum absolute atomic E-state index is 12.6. The Labute approximate surface area is 180 Å². The number of thiophene rings is 1. The zero-order valence-corrected chi connectivity index (χ0v) is 17.3. The van der Waals surface area contributed by atoms with E-state index < -0.39 is 12.1 Å². The molecule has 0 aliphatic carbocycles. The molecule has 0 aromatic carbocycles. The van der Waals surface area contributed by atoms with Gasteiger partial charge in [0, 0.05) is 30.6 Å². The third-order valence-corrected chi connectivity index (χ3v) is 6.05. The molecule has 4 heterocycles. The van der Waals surface area contributed by atoms with Crippen LogP contribution in [0.25, 0.3) is 0 Å². The monoisotopic (exact) mass is 460 g/mol. The first kappa shape index (κ1) is 23.3. The minimum Gasteiger partial charge on any atom is -0.475 e. The lowest BCUT2D eigenvalue weighted by molar-refractivity contribution is -0.192. The third-order valence-electron chi connectivity index (χ3n) is 5.18. The summed E-state index contributed by atoms with van der Waals surface area (Å²) in [5, 5.41) is 12.2. The summed E-state index contributed by atoms with van der Waals surface area (Å²) in [6.45, 7) is 2.95. The Balaban J connectivity index is 0.000000339. The average molecular weight is 460 g/mol. The highest BCUT2D eigenvalue weighted by atomic mass is 32.1. The van der Waals surface area contributed by atoms with Crippen LogP contribution in [-0.2, 0) is 27.4 Å². The number of likely N-dealkylation sites (tertiary alicyclic amines) is 1. The summed E-state index contributed by atoms with van der Waals surface area (Å²) in [5.74, 6) is -1.91. The molecule has 2 saturated heterocycles. The van der Waals surface area contributed by atoms with E-state index >= 15 is 0 Å². The molecule has 4 rings (SSSR count). The van der Waals surface area contributed by atoms with E-state index in [0.29, 0.717) is 12.6 Å². The number of alkyl halides is 3. The number of carboxylic acid groups (broad SMARTS) is 1. The van der Waals surface area contributed by atoms with Crippen LogP contribution in [0, 0.1) is 5.92 Å². The Bertz CT molecular complexity index is 842. The molecule has 0 radical (unpaired) electrons. The van der Waals surface area contributed by atoms with E-state index in [-0.39, 0.29) is 17.9 Å². The van der Waals surface area contributed by atoms with Crippen molar-refractivity contribution < 1.29 is 37.0 Å². The van der Waals surface area contributed by atoms with E-state index in [9.17, 15) is 18.0 Å². The Hall–Kier alpha value is -2.37. The van der Waals surface area contributed by atoms with E-state index in [1.54, 1.807) is 17.6 Å². The highest BCUT2D eigenvalue weighted by Gasteiger charge is 2.42. The first-order valence-electron chi connectivity index (χ1n) is 9.72. The Kier molecular flexibility index (Phi) is 7.74. The van der Waals surface area contributed by atoms with Gasteiger partial charge in [0.1, 0.15) is 5.76 Å². The van der Waals surface area contributed by atoms with Gasteiger partial charge in [-0.15, -0.1) is 11.3 Å². The van der Waals surface area contributed by atoms with Crippen LogP contribution in [-0.4, -0.2) is 53.4 Å². The van der Waals surface area contributed by atoms with Gasteiger partial charge in [0.25, 0.3) is 0 Å². The fraction of sp³-hybridized carbons (Fsp3) is 0.500. The van der Waals surface area contributed by atoms with Crippen molar-refractivity contribution >= 4 is 23.2 Å². The number of furan rings is 1. The van der Waals surface area contributed by atoms with Gasteiger partial charge in [-0.3, -0.25) is 9.69 Å². The van der Waals surface area contributed by atoms with Crippen LogP contribution in [0.2, 0.25) is 0 Å². The number of halogens is 3. The molecule has 1 amide bonds. The standard InChI is InChI=1S/C18H22N2O3S.C2HF3O2/c21-18(19-10-14-3-1-6-22-14)13-9-17-16(5-7-23-17)20(11-13)12-15-4-2-8-24-15;3-2(4,5)1(6)7/h1-4,6,8,13,16-17H,5,7,9-12H2,(H,19,21);(H,6,7)/t13-,16+,17+;/m0./s1. The topological polar surface area (TPSA) is 92.0 Å². The van der Waals surface area contributed by atoms with Gasteiger partial charge in [-0.25, -0.2) is 4.79 Å². The van der Waals surface area contributed by atoms with Crippen molar-refractivity contribution in [3.63, 3.8) is 0 Å². The summed E-state index contributed by atoms with van der Waals surface area (Å²) >= 11 is 1.77. The number of rotatable bonds is 5. The molecule has 2 aliphatic rings. The minimum atomic E-state index is -5.08. The van der Waals surface area contributed by atoms with Crippen LogP contribution >= 0.6 is 11.3 Å². The lowest BCUT2D eigenvalue weighted by atomic mass is 9.89. The van der Waals surface area contributed by atoms with Gasteiger partial charge >= 0.3 is 12.1 Å². The Morgan fingerprint density at radius 3 is 2.68 bits per heavy atom. The summed E-state index contributed by atoms with van der Waals surface area (Å²) in [5.41, 5.74) is 0. The molecule has 0 unspecified atom stereocenters. The number of piperidine rings is 1. The molecule has 2 fully saturated rings. The number of nitrogens with zero attached hydrogens (tertiary/aromatic N) is 1. The van der Waals surface area contributed by atoms with Crippen molar-refractivity contribution in [1.29, 1.82) is 0 Å². The quantitative estimate of drug-likeness (QED) is 0.712. The van der Waals surface area contributed by atoms with Crippen molar-refractivity contribution in [3.05, 3.63) is 46.5 Å². The number of hydrogen-bond acceptors (Lipinski definition) is 6. The van der Waals surface area contributed by atoms with Crippen LogP contribution in [0.3, 0.4) is 0 Å². The molecule has 2 N–H and O–H groups in total. The van der Waals surface area contributed by atoms with Gasteiger partial charge in [-0.05, 0) is 36.4 Å². The number of fused-ring (bicyclic) bond motifs is 1. The molecule has 2 aromatic rings. The zero-order chi connectivity index (χ0) is 22.4. The lowest BCUT2D eigenvalue weighted by Crippen LogP contribution is -2.52. The fourth-order valence-corrected chi connectivity index (χ4v) is 4.49. The molecule has 11 heteroatoms. The number of ether oxygens (including phenoxy) is 1. The highest BCUT2D eigenvalue weighted by Crippen LogP contribution is 2.33. The Morgan fingerprint density at radius 1 is 1.29 bits per heavy atom. The van der Waals surface area contributed by atoms with E-state index in [0.717, 1.165) is 38.3 Å². The van der Waals surface area contributed by atoms with Crippen molar-refractivity contribution in [2.75, 3.05) is 13.2 Å². The largest absolute Gasteiger partial charge is 0.490 e. The molecule has 2 aliphatic heterocycles. The normalized spacial score (nSPS) is 23.5. The first-order valence-corrected chi connectivity index (χ1v) is 10.6. The molecule has 2 aromatic heterocycles. The van der Waals surface area contributed by atoms with Crippen LogP contribution in [0.1, 0.15) is 23.5 Å². The second kappa shape index (κ2) is 10.3. The molecule has 0 saturated carbocycles. The predicted octanol–water partition coefficient (Wildman–Crippen LogP) is 3.27. The summed E-state index contributed by atoms with van der Waals surface area (Å²) in [4.78, 5) is 25.3. The smallest absolute Gasteiger partial charge is 0.475 e. The number of amides is 1. The number of nitrogens with one attached hydrogen (secondary N) is 1. The van der Waals surface area contributed by atoms with E-state index in [2.05, 4.69) is 27.7 Å². The first-order chi connectivity index (χ1) is 14.7. The van der Waals surface area contributed by atoms with Crippen LogP contribution in [0.4, 0.5) is 13.2 Å². The van der Waals surface area contributed by atoms with E-state index in [1.807, 2.05) is 12.1 Å². The molecule has 31 heavy (non-hydrogen) atoms. The highest BCUT2D eigenvalue weighted by molar-refractivity contribution is 7.09. The molecule has 3 atom stereocenters. The van der Waals surface area contributed by atoms with E-state index in [4.69, 9.17) is 19.1 Å². The maximum atomic E-state index is 12.6. The lowest BCUT2D eigenvalue weighted by Gasteiger charge is -2.40. The van der Waals surface area contributed by atoms with Crippen molar-refractivity contribution in [1.82, 2.24) is 10.2 Å². The van der Waals surface area contributed by atoms with Crippen LogP contribution in [0.5, 0.6) is 0 Å². The summed E-state index contributed by atoms with van der Waals surface area (Å²) in [7, 11) is 0. The summed E-state index contributed by atoms with van der Waals surface area (Å²) in [6, 6.07) is 8.40. The number of carboxylic acids is 1. The van der Waals surface area contributed by atoms with Gasteiger partial charge in [0.2, 0.25) is 5.91 Å². The average Bonchev–Trinajstić information content (AvgIpc) is 3.47. The van der Waals surface area contributed by atoms with Gasteiger partial charge < -0.3 is 19.6 Å². The van der Waals surface area contributed by atoms with Crippen molar-refractivity contribution in [2.45, 2.75) is 44.3 Å². The SMILES string of the molecule is O=C(NCc1ccco1)[C@H]1C[C@H]2OCC[C@H]2N(Cc2cccs2)C1.O=C(O)C(F)(F)F. The minimum absolute atomic E-state index is 0.0284. The molecular formula is C20H23F3N2O5S. The number of aliphatic carboxylic acids is 1. The number of carbonyl (C=O) groups is 2. The van der Waals surface area contributed by atoms with Crippen LogP contribution < -0.4 is 5.32 Å². The van der Waals surface area contributed by atoms with Gasteiger partial charge in [0.05, 0.1) is 24.8 Å². The van der Waals surface area contributed by atoms with Crippen molar-refractivity contribution in [2.24, 2.45) is 5.92 Å². The van der Waals surface area contributed by atoms with Crippen molar-refractivity contribution in [3.8, 4) is 0 Å². The van der Waals surface area contributed by atoms with E-state index in [1.165, 1.54) is 4.88 Å². The maximum Gasteiger partial charge on any atom is 0.490 e. The third kappa shape index (κ3) is 6.55. The van der Waals surface area contributed by atoms with Gasteiger partial charge in [-0.1, -0.05) is 6.07 Å². The van der Waals surface area contributed by atoms with Gasteiger partial charge in [-0.2, -0.15) is 13.2 Å². The Morgan fingerprint density at radius 2 is 2.06 bits per heavy atom. The molecule has 0 bridgehead atoms. The zero-order valence-electron chi connectivity index (χ0n) is 16.5.